The summed E-state index contributed by atoms with van der Waals surface area (Å²) in [7, 11) is 0. The van der Waals surface area contributed by atoms with E-state index in [0.717, 1.165) is 11.3 Å². The zero-order chi connectivity index (χ0) is 12.7. The van der Waals surface area contributed by atoms with Crippen LogP contribution in [-0.4, -0.2) is 28.9 Å². The molecule has 94 valence electrons. The van der Waals surface area contributed by atoms with Gasteiger partial charge in [-0.05, 0) is 37.5 Å². The van der Waals surface area contributed by atoms with Gasteiger partial charge in [0.15, 0.2) is 0 Å². The SMILES string of the molecule is CC(CCC(=O)O)Oc1ccc(CCO)cc1. The number of hydrogen-bond donors (Lipinski definition) is 2. The van der Waals surface area contributed by atoms with E-state index in [1.54, 1.807) is 0 Å². The number of hydrogen-bond acceptors (Lipinski definition) is 3. The second kappa shape index (κ2) is 6.91. The van der Waals surface area contributed by atoms with Gasteiger partial charge in [0, 0.05) is 13.0 Å². The van der Waals surface area contributed by atoms with Crippen LogP contribution in [0.4, 0.5) is 0 Å². The predicted octanol–water partition coefficient (Wildman–Crippen LogP) is 1.85. The quantitative estimate of drug-likeness (QED) is 0.760. The molecule has 4 nitrogen and oxygen atoms in total. The Labute approximate surface area is 101 Å². The van der Waals surface area contributed by atoms with Crippen LogP contribution >= 0.6 is 0 Å². The third-order valence-corrected chi connectivity index (χ3v) is 2.43. The second-order valence-corrected chi connectivity index (χ2v) is 3.98. The average Bonchev–Trinajstić information content (AvgIpc) is 2.29. The zero-order valence-electron chi connectivity index (χ0n) is 9.93. The van der Waals surface area contributed by atoms with Crippen LogP contribution in [0.1, 0.15) is 25.3 Å². The van der Waals surface area contributed by atoms with E-state index in [1.807, 2.05) is 31.2 Å². The van der Waals surface area contributed by atoms with Crippen LogP contribution in [0.5, 0.6) is 5.75 Å². The van der Waals surface area contributed by atoms with Gasteiger partial charge in [-0.15, -0.1) is 0 Å². The third-order valence-electron chi connectivity index (χ3n) is 2.43. The molecule has 0 saturated heterocycles. The topological polar surface area (TPSA) is 66.8 Å². The lowest BCUT2D eigenvalue weighted by atomic mass is 10.1. The lowest BCUT2D eigenvalue weighted by Crippen LogP contribution is -2.13. The molecule has 0 bridgehead atoms. The molecule has 1 unspecified atom stereocenters. The molecule has 0 saturated carbocycles. The van der Waals surface area contributed by atoms with E-state index in [0.29, 0.717) is 12.8 Å². The van der Waals surface area contributed by atoms with E-state index >= 15 is 0 Å². The molecule has 0 spiro atoms. The first-order valence-electron chi connectivity index (χ1n) is 5.70. The molecule has 1 rings (SSSR count). The van der Waals surface area contributed by atoms with E-state index < -0.39 is 5.97 Å². The summed E-state index contributed by atoms with van der Waals surface area (Å²) in [5.41, 5.74) is 1.05. The van der Waals surface area contributed by atoms with Gasteiger partial charge in [-0.2, -0.15) is 0 Å². The van der Waals surface area contributed by atoms with Crippen molar-refractivity contribution >= 4 is 5.97 Å². The summed E-state index contributed by atoms with van der Waals surface area (Å²) in [6.45, 7) is 1.99. The number of ether oxygens (including phenoxy) is 1. The molecule has 0 heterocycles. The first-order chi connectivity index (χ1) is 8.11. The number of aliphatic hydroxyl groups excluding tert-OH is 1. The standard InChI is InChI=1S/C13H18O4/c1-10(2-7-13(15)16)17-12-5-3-11(4-6-12)8-9-14/h3-6,10,14H,2,7-9H2,1H3,(H,15,16). The van der Waals surface area contributed by atoms with Crippen LogP contribution in [0.25, 0.3) is 0 Å². The fourth-order valence-electron chi connectivity index (χ4n) is 1.48. The molecule has 2 N–H and O–H groups in total. The largest absolute Gasteiger partial charge is 0.491 e. The van der Waals surface area contributed by atoms with Gasteiger partial charge in [-0.25, -0.2) is 0 Å². The highest BCUT2D eigenvalue weighted by atomic mass is 16.5. The Morgan fingerprint density at radius 2 is 2.00 bits per heavy atom. The lowest BCUT2D eigenvalue weighted by Gasteiger charge is -2.13. The van der Waals surface area contributed by atoms with Crippen LogP contribution in [-0.2, 0) is 11.2 Å². The summed E-state index contributed by atoms with van der Waals surface area (Å²) in [5, 5.41) is 17.3. The van der Waals surface area contributed by atoms with Gasteiger partial charge >= 0.3 is 5.97 Å². The van der Waals surface area contributed by atoms with Gasteiger partial charge in [0.1, 0.15) is 5.75 Å². The van der Waals surface area contributed by atoms with Crippen molar-refractivity contribution in [1.29, 1.82) is 0 Å². The molecule has 0 fully saturated rings. The second-order valence-electron chi connectivity index (χ2n) is 3.98. The Kier molecular flexibility index (Phi) is 5.49. The number of rotatable bonds is 7. The normalized spacial score (nSPS) is 12.1. The molecule has 4 heteroatoms. The third kappa shape index (κ3) is 5.36. The Bertz CT molecular complexity index is 345. The summed E-state index contributed by atoms with van der Waals surface area (Å²) in [6.07, 6.45) is 1.13. The summed E-state index contributed by atoms with van der Waals surface area (Å²) in [6, 6.07) is 7.47. The molecule has 0 radical (unpaired) electrons. The smallest absolute Gasteiger partial charge is 0.303 e. The number of aliphatic hydroxyl groups is 1. The highest BCUT2D eigenvalue weighted by Crippen LogP contribution is 2.15. The molecule has 0 aliphatic heterocycles. The van der Waals surface area contributed by atoms with Crippen LogP contribution < -0.4 is 4.74 Å². The molecule has 17 heavy (non-hydrogen) atoms. The number of benzene rings is 1. The van der Waals surface area contributed by atoms with E-state index in [2.05, 4.69) is 0 Å². The fraction of sp³-hybridized carbons (Fsp3) is 0.462. The minimum atomic E-state index is -0.807. The Balaban J connectivity index is 2.42. The molecule has 1 aromatic rings. The van der Waals surface area contributed by atoms with Crippen LogP contribution in [0.3, 0.4) is 0 Å². The van der Waals surface area contributed by atoms with Gasteiger partial charge in [-0.1, -0.05) is 12.1 Å². The maximum absolute atomic E-state index is 10.4. The highest BCUT2D eigenvalue weighted by Gasteiger charge is 2.06. The Morgan fingerprint density at radius 1 is 1.35 bits per heavy atom. The zero-order valence-corrected chi connectivity index (χ0v) is 9.93. The minimum absolute atomic E-state index is 0.115. The molecule has 0 amide bonds. The van der Waals surface area contributed by atoms with Crippen LogP contribution in [0.15, 0.2) is 24.3 Å². The minimum Gasteiger partial charge on any atom is -0.491 e. The van der Waals surface area contributed by atoms with Gasteiger partial charge in [0.2, 0.25) is 0 Å². The first kappa shape index (κ1) is 13.5. The maximum Gasteiger partial charge on any atom is 0.303 e. The van der Waals surface area contributed by atoms with Crippen molar-refractivity contribution in [3.63, 3.8) is 0 Å². The Hall–Kier alpha value is -1.55. The Morgan fingerprint density at radius 3 is 2.53 bits per heavy atom. The molecular weight excluding hydrogens is 220 g/mol. The van der Waals surface area contributed by atoms with Crippen molar-refractivity contribution in [3.05, 3.63) is 29.8 Å². The molecule has 0 aliphatic rings. The summed E-state index contributed by atoms with van der Waals surface area (Å²) < 4.78 is 5.57. The predicted molar refractivity (Wildman–Crippen MR) is 64.2 cm³/mol. The van der Waals surface area contributed by atoms with Crippen molar-refractivity contribution in [2.75, 3.05) is 6.61 Å². The summed E-state index contributed by atoms with van der Waals surface area (Å²) in [5.74, 6) is -0.0803. The van der Waals surface area contributed by atoms with E-state index in [4.69, 9.17) is 14.9 Å². The molecule has 0 aliphatic carbocycles. The monoisotopic (exact) mass is 238 g/mol. The molecule has 0 aromatic heterocycles. The van der Waals surface area contributed by atoms with E-state index in [-0.39, 0.29) is 19.1 Å². The van der Waals surface area contributed by atoms with Crippen LogP contribution in [0.2, 0.25) is 0 Å². The van der Waals surface area contributed by atoms with Gasteiger partial charge in [-0.3, -0.25) is 4.79 Å². The number of carbonyl (C=O) groups is 1. The van der Waals surface area contributed by atoms with Gasteiger partial charge in [0.05, 0.1) is 6.10 Å². The number of carboxylic acid groups (broad SMARTS) is 1. The van der Waals surface area contributed by atoms with Crippen molar-refractivity contribution in [2.45, 2.75) is 32.3 Å². The fourth-order valence-corrected chi connectivity index (χ4v) is 1.48. The summed E-state index contributed by atoms with van der Waals surface area (Å²) in [4.78, 5) is 10.4. The maximum atomic E-state index is 10.4. The van der Waals surface area contributed by atoms with Crippen molar-refractivity contribution in [3.8, 4) is 5.75 Å². The first-order valence-corrected chi connectivity index (χ1v) is 5.70. The van der Waals surface area contributed by atoms with Crippen molar-refractivity contribution < 1.29 is 19.7 Å². The average molecular weight is 238 g/mol. The van der Waals surface area contributed by atoms with Crippen LogP contribution in [0, 0.1) is 0 Å². The van der Waals surface area contributed by atoms with E-state index in [9.17, 15) is 4.79 Å². The number of carboxylic acids is 1. The van der Waals surface area contributed by atoms with Gasteiger partial charge < -0.3 is 14.9 Å². The lowest BCUT2D eigenvalue weighted by molar-refractivity contribution is -0.137. The van der Waals surface area contributed by atoms with Gasteiger partial charge in [0.25, 0.3) is 0 Å². The molecular formula is C13H18O4. The highest BCUT2D eigenvalue weighted by molar-refractivity contribution is 5.66. The number of aliphatic carboxylic acids is 1. The summed E-state index contributed by atoms with van der Waals surface area (Å²) >= 11 is 0. The molecule has 1 aromatic carbocycles. The molecule has 1 atom stereocenters. The van der Waals surface area contributed by atoms with E-state index in [1.165, 1.54) is 0 Å². The van der Waals surface area contributed by atoms with Crippen molar-refractivity contribution in [2.24, 2.45) is 0 Å². The van der Waals surface area contributed by atoms with Crippen molar-refractivity contribution in [1.82, 2.24) is 0 Å².